The Bertz CT molecular complexity index is 523. The summed E-state index contributed by atoms with van der Waals surface area (Å²) in [6.07, 6.45) is 3.19. The van der Waals surface area contributed by atoms with Crippen LogP contribution in [0.5, 0.6) is 0 Å². The smallest absolute Gasteiger partial charge is 0.221 e. The Kier molecular flexibility index (Phi) is 5.10. The molecule has 1 amide bonds. The molecule has 0 aromatic carbocycles. The van der Waals surface area contributed by atoms with Crippen LogP contribution in [0.15, 0.2) is 12.4 Å². The van der Waals surface area contributed by atoms with Crippen LogP contribution >= 0.6 is 0 Å². The summed E-state index contributed by atoms with van der Waals surface area (Å²) in [6, 6.07) is 0. The first-order valence-electron chi connectivity index (χ1n) is 6.38. The predicted molar refractivity (Wildman–Crippen MR) is 71.2 cm³/mol. The Morgan fingerprint density at radius 3 is 2.85 bits per heavy atom. The van der Waals surface area contributed by atoms with E-state index in [9.17, 15) is 13.2 Å². The molecule has 1 fully saturated rings. The first kappa shape index (κ1) is 14.9. The minimum atomic E-state index is -3.38. The van der Waals surface area contributed by atoms with E-state index in [2.05, 4.69) is 15.3 Å². The van der Waals surface area contributed by atoms with E-state index in [0.717, 1.165) is 0 Å². The summed E-state index contributed by atoms with van der Waals surface area (Å²) in [5.41, 5.74) is 0. The fourth-order valence-corrected chi connectivity index (χ4v) is 3.25. The first-order valence-corrected chi connectivity index (χ1v) is 7.99. The van der Waals surface area contributed by atoms with Crippen molar-refractivity contribution in [3.8, 4) is 0 Å². The lowest BCUT2D eigenvalue weighted by atomic mass is 10.4. The van der Waals surface area contributed by atoms with Gasteiger partial charge in [0.15, 0.2) is 0 Å². The number of aromatic nitrogens is 2. The Labute approximate surface area is 117 Å². The van der Waals surface area contributed by atoms with Gasteiger partial charge in [0.25, 0.3) is 0 Å². The van der Waals surface area contributed by atoms with E-state index in [1.54, 1.807) is 12.4 Å². The van der Waals surface area contributed by atoms with Crippen molar-refractivity contribution in [1.82, 2.24) is 19.6 Å². The van der Waals surface area contributed by atoms with Gasteiger partial charge in [-0.2, -0.15) is 4.31 Å². The quantitative estimate of drug-likeness (QED) is 0.707. The molecule has 1 aliphatic heterocycles. The van der Waals surface area contributed by atoms with Crippen molar-refractivity contribution in [2.75, 3.05) is 32.1 Å². The molecule has 0 saturated carbocycles. The zero-order chi connectivity index (χ0) is 14.4. The number of morpholine rings is 1. The van der Waals surface area contributed by atoms with Crippen LogP contribution in [-0.2, 0) is 26.1 Å². The molecular weight excluding hydrogens is 284 g/mol. The molecule has 112 valence electrons. The lowest BCUT2D eigenvalue weighted by Crippen LogP contribution is -2.42. The molecule has 20 heavy (non-hydrogen) atoms. The summed E-state index contributed by atoms with van der Waals surface area (Å²) in [5, 5.41) is 2.62. The molecule has 0 aliphatic carbocycles. The SMILES string of the molecule is O=C(CCS(=O)(=O)N1CCOCC1)NCc1ncc[nH]1. The summed E-state index contributed by atoms with van der Waals surface area (Å²) >= 11 is 0. The van der Waals surface area contributed by atoms with E-state index in [1.807, 2.05) is 0 Å². The number of aromatic amines is 1. The Balaban J connectivity index is 1.74. The minimum absolute atomic E-state index is 0.0552. The van der Waals surface area contributed by atoms with Gasteiger partial charge in [-0.3, -0.25) is 4.79 Å². The third-order valence-corrected chi connectivity index (χ3v) is 4.83. The van der Waals surface area contributed by atoms with Crippen molar-refractivity contribution in [1.29, 1.82) is 0 Å². The Hall–Kier alpha value is -1.45. The zero-order valence-corrected chi connectivity index (χ0v) is 11.9. The summed E-state index contributed by atoms with van der Waals surface area (Å²) in [5.74, 6) is 0.143. The maximum absolute atomic E-state index is 12.0. The van der Waals surface area contributed by atoms with Gasteiger partial charge in [-0.25, -0.2) is 13.4 Å². The normalized spacial score (nSPS) is 17.0. The van der Waals surface area contributed by atoms with Crippen molar-refractivity contribution >= 4 is 15.9 Å². The highest BCUT2D eigenvalue weighted by Crippen LogP contribution is 2.06. The van der Waals surface area contributed by atoms with Crippen LogP contribution in [0.4, 0.5) is 0 Å². The van der Waals surface area contributed by atoms with Gasteiger partial charge in [0.1, 0.15) is 5.82 Å². The van der Waals surface area contributed by atoms with Crippen LogP contribution < -0.4 is 5.32 Å². The van der Waals surface area contributed by atoms with Crippen LogP contribution in [0.3, 0.4) is 0 Å². The molecule has 1 aliphatic rings. The van der Waals surface area contributed by atoms with E-state index >= 15 is 0 Å². The molecule has 1 saturated heterocycles. The average Bonchev–Trinajstić information content (AvgIpc) is 2.97. The summed E-state index contributed by atoms with van der Waals surface area (Å²) in [7, 11) is -3.38. The molecule has 0 radical (unpaired) electrons. The molecule has 8 nitrogen and oxygen atoms in total. The Morgan fingerprint density at radius 1 is 1.45 bits per heavy atom. The van der Waals surface area contributed by atoms with Gasteiger partial charge < -0.3 is 15.0 Å². The maximum Gasteiger partial charge on any atom is 0.221 e. The highest BCUT2D eigenvalue weighted by Gasteiger charge is 2.24. The van der Waals surface area contributed by atoms with Gasteiger partial charge in [-0.15, -0.1) is 0 Å². The van der Waals surface area contributed by atoms with Crippen molar-refractivity contribution in [2.24, 2.45) is 0 Å². The van der Waals surface area contributed by atoms with Gasteiger partial charge in [0, 0.05) is 31.9 Å². The van der Waals surface area contributed by atoms with Gasteiger partial charge in [-0.05, 0) is 0 Å². The number of rotatable bonds is 6. The molecule has 2 rings (SSSR count). The number of amides is 1. The monoisotopic (exact) mass is 302 g/mol. The van der Waals surface area contributed by atoms with E-state index in [-0.39, 0.29) is 24.6 Å². The molecule has 0 atom stereocenters. The lowest BCUT2D eigenvalue weighted by molar-refractivity contribution is -0.120. The summed E-state index contributed by atoms with van der Waals surface area (Å²) < 4.78 is 30.5. The molecule has 9 heteroatoms. The highest BCUT2D eigenvalue weighted by molar-refractivity contribution is 7.89. The number of carbonyl (C=O) groups is 1. The van der Waals surface area contributed by atoms with Gasteiger partial charge >= 0.3 is 0 Å². The number of nitrogens with zero attached hydrogens (tertiary/aromatic N) is 2. The third kappa shape index (κ3) is 4.29. The third-order valence-electron chi connectivity index (χ3n) is 2.96. The number of nitrogens with one attached hydrogen (secondary N) is 2. The number of ether oxygens (including phenoxy) is 1. The van der Waals surface area contributed by atoms with E-state index in [4.69, 9.17) is 4.74 Å². The second kappa shape index (κ2) is 6.82. The molecule has 2 heterocycles. The second-order valence-corrected chi connectivity index (χ2v) is 6.48. The zero-order valence-electron chi connectivity index (χ0n) is 11.0. The highest BCUT2D eigenvalue weighted by atomic mass is 32.2. The molecule has 1 aromatic rings. The topological polar surface area (TPSA) is 104 Å². The van der Waals surface area contributed by atoms with Gasteiger partial charge in [0.2, 0.25) is 15.9 Å². The minimum Gasteiger partial charge on any atom is -0.379 e. The van der Waals surface area contributed by atoms with Crippen LogP contribution in [0.2, 0.25) is 0 Å². The van der Waals surface area contributed by atoms with Crippen molar-refractivity contribution in [3.63, 3.8) is 0 Å². The fraction of sp³-hybridized carbons (Fsp3) is 0.636. The molecule has 0 bridgehead atoms. The molecule has 0 unspecified atom stereocenters. The number of imidazole rings is 1. The molecule has 2 N–H and O–H groups in total. The number of H-pyrrole nitrogens is 1. The van der Waals surface area contributed by atoms with Gasteiger partial charge in [-0.1, -0.05) is 0 Å². The lowest BCUT2D eigenvalue weighted by Gasteiger charge is -2.25. The van der Waals surface area contributed by atoms with Crippen molar-refractivity contribution in [2.45, 2.75) is 13.0 Å². The predicted octanol–water partition coefficient (Wildman–Crippen LogP) is -0.922. The van der Waals surface area contributed by atoms with Gasteiger partial charge in [0.05, 0.1) is 25.5 Å². The number of hydrogen-bond acceptors (Lipinski definition) is 5. The molecule has 0 spiro atoms. The van der Waals surface area contributed by atoms with Crippen LogP contribution in [-0.4, -0.2) is 60.7 Å². The average molecular weight is 302 g/mol. The van der Waals surface area contributed by atoms with Crippen molar-refractivity contribution < 1.29 is 17.9 Å². The largest absolute Gasteiger partial charge is 0.379 e. The van der Waals surface area contributed by atoms with Crippen LogP contribution in [0.25, 0.3) is 0 Å². The van der Waals surface area contributed by atoms with E-state index < -0.39 is 10.0 Å². The summed E-state index contributed by atoms with van der Waals surface area (Å²) in [4.78, 5) is 18.4. The first-order chi connectivity index (χ1) is 9.58. The van der Waals surface area contributed by atoms with Crippen LogP contribution in [0, 0.1) is 0 Å². The maximum atomic E-state index is 12.0. The molecular formula is C11H18N4O4S. The number of carbonyl (C=O) groups excluding carboxylic acids is 1. The van der Waals surface area contributed by atoms with E-state index in [0.29, 0.717) is 32.1 Å². The second-order valence-electron chi connectivity index (χ2n) is 4.39. The molecule has 1 aromatic heterocycles. The van der Waals surface area contributed by atoms with Crippen LogP contribution in [0.1, 0.15) is 12.2 Å². The standard InChI is InChI=1S/C11H18N4O4S/c16-11(14-9-10-12-2-3-13-10)1-8-20(17,18)15-4-6-19-7-5-15/h2-3H,1,4-9H2,(H,12,13)(H,14,16). The van der Waals surface area contributed by atoms with E-state index in [1.165, 1.54) is 4.31 Å². The number of hydrogen-bond donors (Lipinski definition) is 2. The van der Waals surface area contributed by atoms with Crippen molar-refractivity contribution in [3.05, 3.63) is 18.2 Å². The summed E-state index contributed by atoms with van der Waals surface area (Å²) in [6.45, 7) is 1.80. The Morgan fingerprint density at radius 2 is 2.20 bits per heavy atom. The number of sulfonamides is 1. The fourth-order valence-electron chi connectivity index (χ4n) is 1.84.